The minimum Gasteiger partial charge on any atom is -0.478 e. The first kappa shape index (κ1) is 10.8. The first-order valence-electron chi connectivity index (χ1n) is 5.54. The normalized spacial score (nSPS) is 14.8. The molecule has 1 aliphatic carbocycles. The number of aromatic carboxylic acids is 1. The van der Waals surface area contributed by atoms with E-state index in [0.717, 1.165) is 24.6 Å². The van der Waals surface area contributed by atoms with E-state index in [0.29, 0.717) is 5.69 Å². The number of hydrogen-bond acceptors (Lipinski definition) is 3. The predicted molar refractivity (Wildman–Crippen MR) is 63.6 cm³/mol. The van der Waals surface area contributed by atoms with Gasteiger partial charge in [0, 0.05) is 6.54 Å². The second-order valence-corrected chi connectivity index (χ2v) is 4.23. The van der Waals surface area contributed by atoms with Gasteiger partial charge in [0.25, 0.3) is 0 Å². The van der Waals surface area contributed by atoms with Gasteiger partial charge in [0.05, 0.1) is 16.9 Å². The van der Waals surface area contributed by atoms with Crippen LogP contribution in [0.5, 0.6) is 0 Å². The molecule has 0 saturated heterocycles. The van der Waals surface area contributed by atoms with Gasteiger partial charge >= 0.3 is 5.97 Å². The van der Waals surface area contributed by atoms with Crippen LogP contribution in [0.25, 0.3) is 0 Å². The van der Waals surface area contributed by atoms with Gasteiger partial charge < -0.3 is 16.2 Å². The van der Waals surface area contributed by atoms with Gasteiger partial charge in [-0.15, -0.1) is 0 Å². The molecule has 0 bridgehead atoms. The standard InChI is InChI=1S/C12H16N2O2/c13-11-9(12(15)16)2-1-3-10(11)14-7-6-8-4-5-8/h1-3,8,14H,4-7,13H2,(H,15,16). The second kappa shape index (κ2) is 4.43. The van der Waals surface area contributed by atoms with Gasteiger partial charge in [-0.2, -0.15) is 0 Å². The third kappa shape index (κ3) is 2.45. The van der Waals surface area contributed by atoms with E-state index >= 15 is 0 Å². The third-order valence-electron chi connectivity index (χ3n) is 2.90. The summed E-state index contributed by atoms with van der Waals surface area (Å²) in [7, 11) is 0. The van der Waals surface area contributed by atoms with Crippen molar-refractivity contribution in [3.05, 3.63) is 23.8 Å². The number of carboxylic acids is 1. The Morgan fingerprint density at radius 3 is 2.88 bits per heavy atom. The van der Waals surface area contributed by atoms with E-state index in [1.807, 2.05) is 6.07 Å². The molecule has 0 atom stereocenters. The van der Waals surface area contributed by atoms with Crippen LogP contribution in [-0.4, -0.2) is 17.6 Å². The molecule has 2 rings (SSSR count). The molecule has 1 aromatic carbocycles. The van der Waals surface area contributed by atoms with E-state index in [1.54, 1.807) is 6.07 Å². The molecular formula is C12H16N2O2. The van der Waals surface area contributed by atoms with Crippen molar-refractivity contribution in [1.82, 2.24) is 0 Å². The number of para-hydroxylation sites is 1. The quantitative estimate of drug-likeness (QED) is 0.665. The zero-order valence-electron chi connectivity index (χ0n) is 9.07. The van der Waals surface area contributed by atoms with Crippen molar-refractivity contribution in [2.75, 3.05) is 17.6 Å². The van der Waals surface area contributed by atoms with Crippen LogP contribution in [0.2, 0.25) is 0 Å². The Morgan fingerprint density at radius 2 is 2.25 bits per heavy atom. The molecule has 16 heavy (non-hydrogen) atoms. The Labute approximate surface area is 94.5 Å². The van der Waals surface area contributed by atoms with Crippen molar-refractivity contribution in [2.45, 2.75) is 19.3 Å². The Morgan fingerprint density at radius 1 is 1.50 bits per heavy atom. The van der Waals surface area contributed by atoms with Crippen molar-refractivity contribution in [3.63, 3.8) is 0 Å². The summed E-state index contributed by atoms with van der Waals surface area (Å²) in [5, 5.41) is 12.1. The van der Waals surface area contributed by atoms with E-state index < -0.39 is 5.97 Å². The third-order valence-corrected chi connectivity index (χ3v) is 2.90. The van der Waals surface area contributed by atoms with Gasteiger partial charge in [-0.25, -0.2) is 4.79 Å². The largest absolute Gasteiger partial charge is 0.478 e. The summed E-state index contributed by atoms with van der Waals surface area (Å²) in [5.41, 5.74) is 6.98. The SMILES string of the molecule is Nc1c(NCCC2CC2)cccc1C(=O)O. The first-order chi connectivity index (χ1) is 7.68. The van der Waals surface area contributed by atoms with Gasteiger partial charge in [-0.05, 0) is 24.5 Å². The van der Waals surface area contributed by atoms with Gasteiger partial charge in [0.15, 0.2) is 0 Å². The van der Waals surface area contributed by atoms with Crippen molar-refractivity contribution < 1.29 is 9.90 Å². The number of rotatable bonds is 5. The maximum Gasteiger partial charge on any atom is 0.337 e. The summed E-state index contributed by atoms with van der Waals surface area (Å²) in [4.78, 5) is 10.9. The van der Waals surface area contributed by atoms with Crippen LogP contribution in [0.4, 0.5) is 11.4 Å². The van der Waals surface area contributed by atoms with Crippen LogP contribution >= 0.6 is 0 Å². The summed E-state index contributed by atoms with van der Waals surface area (Å²) in [6.07, 6.45) is 3.79. The van der Waals surface area contributed by atoms with E-state index in [1.165, 1.54) is 18.9 Å². The number of benzene rings is 1. The minimum absolute atomic E-state index is 0.163. The molecule has 0 unspecified atom stereocenters. The summed E-state index contributed by atoms with van der Waals surface area (Å²) in [6, 6.07) is 5.04. The monoisotopic (exact) mass is 220 g/mol. The molecule has 4 heteroatoms. The smallest absolute Gasteiger partial charge is 0.337 e. The van der Waals surface area contributed by atoms with Gasteiger partial charge in [-0.1, -0.05) is 18.9 Å². The summed E-state index contributed by atoms with van der Waals surface area (Å²) < 4.78 is 0. The van der Waals surface area contributed by atoms with Crippen LogP contribution in [0.15, 0.2) is 18.2 Å². The first-order valence-corrected chi connectivity index (χ1v) is 5.54. The van der Waals surface area contributed by atoms with Crippen molar-refractivity contribution in [2.24, 2.45) is 5.92 Å². The maximum absolute atomic E-state index is 10.9. The molecule has 0 amide bonds. The van der Waals surface area contributed by atoms with Crippen LogP contribution in [0.3, 0.4) is 0 Å². The van der Waals surface area contributed by atoms with Crippen molar-refractivity contribution >= 4 is 17.3 Å². The molecule has 1 aliphatic rings. The highest BCUT2D eigenvalue weighted by molar-refractivity contribution is 5.97. The van der Waals surface area contributed by atoms with Crippen LogP contribution in [-0.2, 0) is 0 Å². The van der Waals surface area contributed by atoms with E-state index in [2.05, 4.69) is 5.32 Å². The lowest BCUT2D eigenvalue weighted by atomic mass is 10.1. The summed E-state index contributed by atoms with van der Waals surface area (Å²) >= 11 is 0. The number of nitrogen functional groups attached to an aromatic ring is 1. The molecule has 0 heterocycles. The molecule has 0 spiro atoms. The second-order valence-electron chi connectivity index (χ2n) is 4.23. The highest BCUT2D eigenvalue weighted by atomic mass is 16.4. The zero-order chi connectivity index (χ0) is 11.5. The number of carbonyl (C=O) groups is 1. The van der Waals surface area contributed by atoms with E-state index in [4.69, 9.17) is 10.8 Å². The van der Waals surface area contributed by atoms with E-state index in [9.17, 15) is 4.79 Å². The number of nitrogens with two attached hydrogens (primary N) is 1. The van der Waals surface area contributed by atoms with Gasteiger partial charge in [0.2, 0.25) is 0 Å². The number of anilines is 2. The summed E-state index contributed by atoms with van der Waals surface area (Å²) in [5.74, 6) is -0.125. The Bertz CT molecular complexity index is 400. The molecule has 4 nitrogen and oxygen atoms in total. The highest BCUT2D eigenvalue weighted by Gasteiger charge is 2.20. The molecule has 0 aromatic heterocycles. The Kier molecular flexibility index (Phi) is 2.99. The van der Waals surface area contributed by atoms with Crippen molar-refractivity contribution in [3.8, 4) is 0 Å². The predicted octanol–water partition coefficient (Wildman–Crippen LogP) is 2.18. The molecular weight excluding hydrogens is 204 g/mol. The van der Waals surface area contributed by atoms with Gasteiger partial charge in [-0.3, -0.25) is 0 Å². The molecule has 4 N–H and O–H groups in total. The number of hydrogen-bond donors (Lipinski definition) is 3. The zero-order valence-corrected chi connectivity index (χ0v) is 9.07. The van der Waals surface area contributed by atoms with Gasteiger partial charge in [0.1, 0.15) is 0 Å². The van der Waals surface area contributed by atoms with E-state index in [-0.39, 0.29) is 5.56 Å². The lowest BCUT2D eigenvalue weighted by Gasteiger charge is -2.10. The minimum atomic E-state index is -0.983. The average Bonchev–Trinajstić information content (AvgIpc) is 3.04. The Balaban J connectivity index is 2.01. The lowest BCUT2D eigenvalue weighted by Crippen LogP contribution is -2.08. The maximum atomic E-state index is 10.9. The molecule has 0 radical (unpaired) electrons. The average molecular weight is 220 g/mol. The Hall–Kier alpha value is -1.71. The summed E-state index contributed by atoms with van der Waals surface area (Å²) in [6.45, 7) is 0.859. The fourth-order valence-electron chi connectivity index (χ4n) is 1.72. The molecule has 0 aliphatic heterocycles. The lowest BCUT2D eigenvalue weighted by molar-refractivity contribution is 0.0698. The topological polar surface area (TPSA) is 75.3 Å². The highest BCUT2D eigenvalue weighted by Crippen LogP contribution is 2.32. The molecule has 1 saturated carbocycles. The molecule has 1 fully saturated rings. The van der Waals surface area contributed by atoms with Crippen LogP contribution in [0, 0.1) is 5.92 Å². The fraction of sp³-hybridized carbons (Fsp3) is 0.417. The molecule has 86 valence electrons. The number of nitrogens with one attached hydrogen (secondary N) is 1. The van der Waals surface area contributed by atoms with Crippen LogP contribution in [0.1, 0.15) is 29.6 Å². The number of carboxylic acid groups (broad SMARTS) is 1. The fourth-order valence-corrected chi connectivity index (χ4v) is 1.72. The van der Waals surface area contributed by atoms with Crippen molar-refractivity contribution in [1.29, 1.82) is 0 Å². The van der Waals surface area contributed by atoms with Crippen LogP contribution < -0.4 is 11.1 Å². The molecule has 1 aromatic rings.